The molecule has 0 radical (unpaired) electrons. The summed E-state index contributed by atoms with van der Waals surface area (Å²) in [7, 11) is 1.69. The van der Waals surface area contributed by atoms with Crippen molar-refractivity contribution in [1.29, 1.82) is 0 Å². The van der Waals surface area contributed by atoms with Crippen molar-refractivity contribution in [1.82, 2.24) is 10.2 Å². The molecule has 0 spiro atoms. The van der Waals surface area contributed by atoms with Crippen molar-refractivity contribution >= 4 is 29.9 Å². The van der Waals surface area contributed by atoms with Gasteiger partial charge in [0.25, 0.3) is 0 Å². The molecule has 3 unspecified atom stereocenters. The lowest BCUT2D eigenvalue weighted by Crippen LogP contribution is -2.42. The standard InChI is InChI=1S/C20H30FN3O2.HI/c1-3-22-20(24-9-8-15(13-24)14-26-11-10-25-2)23-19-12-17(19)16-6-4-5-7-18(16)21;/h4-7,15,17,19H,3,8-14H2,1-2H3,(H,22,23);1H. The highest BCUT2D eigenvalue weighted by atomic mass is 127. The van der Waals surface area contributed by atoms with Gasteiger partial charge in [0, 0.05) is 44.6 Å². The van der Waals surface area contributed by atoms with Gasteiger partial charge in [-0.15, -0.1) is 24.0 Å². The number of guanidine groups is 1. The van der Waals surface area contributed by atoms with Crippen molar-refractivity contribution in [2.75, 3.05) is 46.6 Å². The Balaban J connectivity index is 0.00000261. The normalized spacial score (nSPS) is 24.6. The summed E-state index contributed by atoms with van der Waals surface area (Å²) in [5, 5.41) is 3.56. The monoisotopic (exact) mass is 491 g/mol. The molecule has 1 aromatic rings. The van der Waals surface area contributed by atoms with Crippen molar-refractivity contribution in [3.8, 4) is 0 Å². The summed E-state index contributed by atoms with van der Waals surface area (Å²) in [6.45, 7) is 6.78. The number of likely N-dealkylation sites (tertiary alicyclic amines) is 1. The average Bonchev–Trinajstić information content (AvgIpc) is 3.24. The van der Waals surface area contributed by atoms with Crippen LogP contribution in [-0.2, 0) is 9.47 Å². The number of ether oxygens (including phenoxy) is 2. The number of benzene rings is 1. The van der Waals surface area contributed by atoms with Crippen LogP contribution in [0.5, 0.6) is 0 Å². The molecule has 2 fully saturated rings. The maximum atomic E-state index is 14.0. The Kier molecular flexibility index (Phi) is 9.25. The third-order valence-corrected chi connectivity index (χ3v) is 5.09. The Morgan fingerprint density at radius 1 is 1.33 bits per heavy atom. The topological polar surface area (TPSA) is 46.1 Å². The van der Waals surface area contributed by atoms with Crippen LogP contribution in [0, 0.1) is 11.7 Å². The van der Waals surface area contributed by atoms with Gasteiger partial charge >= 0.3 is 0 Å². The molecule has 1 aromatic carbocycles. The summed E-state index contributed by atoms with van der Waals surface area (Å²) in [4.78, 5) is 6.97. The van der Waals surface area contributed by atoms with Gasteiger partial charge < -0.3 is 19.7 Å². The predicted molar refractivity (Wildman–Crippen MR) is 116 cm³/mol. The molecule has 1 heterocycles. The van der Waals surface area contributed by atoms with Crippen molar-refractivity contribution in [3.63, 3.8) is 0 Å². The van der Waals surface area contributed by atoms with E-state index < -0.39 is 0 Å². The first-order valence-corrected chi connectivity index (χ1v) is 9.60. The number of nitrogens with one attached hydrogen (secondary N) is 1. The van der Waals surface area contributed by atoms with Crippen molar-refractivity contribution in [2.24, 2.45) is 10.9 Å². The summed E-state index contributed by atoms with van der Waals surface area (Å²) in [6.07, 6.45) is 2.07. The minimum atomic E-state index is -0.106. The SMILES string of the molecule is CCN=C(NC1CC1c1ccccc1F)N1CCC(COCCOC)C1.I. The smallest absolute Gasteiger partial charge is 0.194 e. The second kappa shape index (κ2) is 11.2. The fourth-order valence-electron chi connectivity index (χ4n) is 3.58. The number of methoxy groups -OCH3 is 1. The lowest BCUT2D eigenvalue weighted by atomic mass is 10.1. The van der Waals surface area contributed by atoms with Crippen LogP contribution in [0.15, 0.2) is 29.3 Å². The Labute approximate surface area is 178 Å². The molecule has 2 aliphatic rings. The molecule has 1 aliphatic carbocycles. The first-order chi connectivity index (χ1) is 12.7. The molecule has 0 amide bonds. The third-order valence-electron chi connectivity index (χ3n) is 5.09. The summed E-state index contributed by atoms with van der Waals surface area (Å²) in [6, 6.07) is 7.35. The number of hydrogen-bond acceptors (Lipinski definition) is 3. The van der Waals surface area contributed by atoms with Gasteiger partial charge in [-0.2, -0.15) is 0 Å². The second-order valence-corrected chi connectivity index (χ2v) is 7.08. The van der Waals surface area contributed by atoms with E-state index in [1.54, 1.807) is 19.2 Å². The molecule has 1 N–H and O–H groups in total. The van der Waals surface area contributed by atoms with Gasteiger partial charge in [0.05, 0.1) is 19.8 Å². The largest absolute Gasteiger partial charge is 0.382 e. The lowest BCUT2D eigenvalue weighted by Gasteiger charge is -2.22. The Morgan fingerprint density at radius 3 is 2.89 bits per heavy atom. The van der Waals surface area contributed by atoms with Gasteiger partial charge in [-0.3, -0.25) is 4.99 Å². The Morgan fingerprint density at radius 2 is 2.15 bits per heavy atom. The Hall–Kier alpha value is -0.930. The maximum Gasteiger partial charge on any atom is 0.194 e. The van der Waals surface area contributed by atoms with Gasteiger partial charge in [0.2, 0.25) is 0 Å². The Bertz CT molecular complexity index is 617. The van der Waals surface area contributed by atoms with E-state index in [0.717, 1.165) is 50.6 Å². The van der Waals surface area contributed by atoms with Crippen molar-refractivity contribution in [2.45, 2.75) is 31.7 Å². The van der Waals surface area contributed by atoms with Crippen LogP contribution in [0.1, 0.15) is 31.2 Å². The van der Waals surface area contributed by atoms with Gasteiger partial charge in [0.1, 0.15) is 5.82 Å². The van der Waals surface area contributed by atoms with Crippen LogP contribution >= 0.6 is 24.0 Å². The summed E-state index contributed by atoms with van der Waals surface area (Å²) in [5.74, 6) is 1.62. The van der Waals surface area contributed by atoms with E-state index in [9.17, 15) is 4.39 Å². The molecular formula is C20H31FIN3O2. The van der Waals surface area contributed by atoms with Crippen molar-refractivity contribution < 1.29 is 13.9 Å². The summed E-state index contributed by atoms with van der Waals surface area (Å²) < 4.78 is 24.7. The van der Waals surface area contributed by atoms with Crippen LogP contribution in [0.3, 0.4) is 0 Å². The zero-order valence-corrected chi connectivity index (χ0v) is 18.5. The molecule has 152 valence electrons. The molecule has 0 aromatic heterocycles. The van der Waals surface area contributed by atoms with Crippen LogP contribution in [0.25, 0.3) is 0 Å². The third kappa shape index (κ3) is 6.29. The number of aliphatic imine (C=N–C) groups is 1. The molecular weight excluding hydrogens is 460 g/mol. The molecule has 1 saturated heterocycles. The molecule has 1 aliphatic heterocycles. The summed E-state index contributed by atoms with van der Waals surface area (Å²) >= 11 is 0. The van der Waals surface area contributed by atoms with Crippen LogP contribution < -0.4 is 5.32 Å². The number of hydrogen-bond donors (Lipinski definition) is 1. The van der Waals surface area contributed by atoms with Crippen LogP contribution in [0.2, 0.25) is 0 Å². The van der Waals surface area contributed by atoms with Crippen LogP contribution in [0.4, 0.5) is 4.39 Å². The van der Waals surface area contributed by atoms with E-state index in [0.29, 0.717) is 19.1 Å². The van der Waals surface area contributed by atoms with E-state index in [1.807, 2.05) is 19.1 Å². The fraction of sp³-hybridized carbons (Fsp3) is 0.650. The van der Waals surface area contributed by atoms with E-state index >= 15 is 0 Å². The second-order valence-electron chi connectivity index (χ2n) is 7.08. The minimum absolute atomic E-state index is 0. The zero-order chi connectivity index (χ0) is 18.4. The quantitative estimate of drug-likeness (QED) is 0.263. The highest BCUT2D eigenvalue weighted by Gasteiger charge is 2.41. The lowest BCUT2D eigenvalue weighted by molar-refractivity contribution is 0.0536. The molecule has 1 saturated carbocycles. The van der Waals surface area contributed by atoms with E-state index in [-0.39, 0.29) is 41.8 Å². The number of halogens is 2. The van der Waals surface area contributed by atoms with Gasteiger partial charge in [0.15, 0.2) is 5.96 Å². The molecule has 27 heavy (non-hydrogen) atoms. The summed E-state index contributed by atoms with van der Waals surface area (Å²) in [5.41, 5.74) is 0.812. The van der Waals surface area contributed by atoms with Crippen molar-refractivity contribution in [3.05, 3.63) is 35.6 Å². The van der Waals surface area contributed by atoms with Gasteiger partial charge in [-0.25, -0.2) is 4.39 Å². The molecule has 5 nitrogen and oxygen atoms in total. The van der Waals surface area contributed by atoms with E-state index in [4.69, 9.17) is 9.47 Å². The highest BCUT2D eigenvalue weighted by Crippen LogP contribution is 2.42. The van der Waals surface area contributed by atoms with Gasteiger partial charge in [-0.05, 0) is 31.4 Å². The maximum absolute atomic E-state index is 14.0. The fourth-order valence-corrected chi connectivity index (χ4v) is 3.58. The molecule has 0 bridgehead atoms. The molecule has 3 rings (SSSR count). The van der Waals surface area contributed by atoms with E-state index in [1.165, 1.54) is 0 Å². The average molecular weight is 491 g/mol. The molecule has 3 atom stereocenters. The first-order valence-electron chi connectivity index (χ1n) is 9.60. The van der Waals surface area contributed by atoms with Crippen LogP contribution in [-0.4, -0.2) is 63.5 Å². The highest BCUT2D eigenvalue weighted by molar-refractivity contribution is 14.0. The zero-order valence-electron chi connectivity index (χ0n) is 16.2. The predicted octanol–water partition coefficient (Wildman–Crippen LogP) is 3.25. The minimum Gasteiger partial charge on any atom is -0.382 e. The van der Waals surface area contributed by atoms with E-state index in [2.05, 4.69) is 15.2 Å². The molecule has 7 heteroatoms. The first kappa shape index (κ1) is 22.4. The number of nitrogens with zero attached hydrogens (tertiary/aromatic N) is 2. The number of rotatable bonds is 8. The van der Waals surface area contributed by atoms with Gasteiger partial charge in [-0.1, -0.05) is 18.2 Å².